The lowest BCUT2D eigenvalue weighted by atomic mass is 10.2. The minimum atomic E-state index is -0.821. The van der Waals surface area contributed by atoms with E-state index in [0.29, 0.717) is 0 Å². The molecule has 0 aliphatic carbocycles. The largest absolute Gasteiger partial charge is 0.419 e. The van der Waals surface area contributed by atoms with Crippen molar-refractivity contribution in [3.8, 4) is 17.5 Å². The van der Waals surface area contributed by atoms with Gasteiger partial charge in [-0.05, 0) is 12.1 Å². The van der Waals surface area contributed by atoms with Gasteiger partial charge in [0, 0.05) is 0 Å². The monoisotopic (exact) mass is 255 g/mol. The van der Waals surface area contributed by atoms with Gasteiger partial charge in [-0.15, -0.1) is 0 Å². The second-order valence-electron chi connectivity index (χ2n) is 3.09. The number of oxazole rings is 1. The quantitative estimate of drug-likeness (QED) is 0.795. The smallest absolute Gasteiger partial charge is 0.233 e. The maximum absolute atomic E-state index is 13.5. The Morgan fingerprint density at radius 3 is 2.65 bits per heavy atom. The van der Waals surface area contributed by atoms with Crippen LogP contribution < -0.4 is 5.73 Å². The van der Waals surface area contributed by atoms with E-state index in [2.05, 4.69) is 4.98 Å². The van der Waals surface area contributed by atoms with E-state index < -0.39 is 11.6 Å². The second kappa shape index (κ2) is 4.03. The molecule has 2 N–H and O–H groups in total. The molecular formula is C10H4ClF2N3O. The number of nitrogen functional groups attached to an aromatic ring is 1. The summed E-state index contributed by atoms with van der Waals surface area (Å²) in [5.74, 6) is -2.16. The van der Waals surface area contributed by atoms with E-state index in [1.54, 1.807) is 6.07 Å². The summed E-state index contributed by atoms with van der Waals surface area (Å²) in [6.07, 6.45) is 0. The summed E-state index contributed by atoms with van der Waals surface area (Å²) in [5.41, 5.74) is 4.88. The van der Waals surface area contributed by atoms with Gasteiger partial charge in [-0.2, -0.15) is 10.2 Å². The van der Waals surface area contributed by atoms with E-state index in [1.165, 1.54) is 0 Å². The Balaban J connectivity index is 2.61. The van der Waals surface area contributed by atoms with Gasteiger partial charge in [0.05, 0.1) is 10.6 Å². The predicted molar refractivity (Wildman–Crippen MR) is 56.0 cm³/mol. The number of halogens is 3. The van der Waals surface area contributed by atoms with E-state index in [1.807, 2.05) is 0 Å². The lowest BCUT2D eigenvalue weighted by molar-refractivity contribution is 0.569. The van der Waals surface area contributed by atoms with Gasteiger partial charge in [-0.25, -0.2) is 8.78 Å². The van der Waals surface area contributed by atoms with Crippen molar-refractivity contribution in [2.45, 2.75) is 0 Å². The molecule has 0 aliphatic rings. The van der Waals surface area contributed by atoms with Crippen LogP contribution in [0.3, 0.4) is 0 Å². The zero-order chi connectivity index (χ0) is 12.6. The summed E-state index contributed by atoms with van der Waals surface area (Å²) in [6.45, 7) is 0. The van der Waals surface area contributed by atoms with Crippen molar-refractivity contribution < 1.29 is 13.2 Å². The number of aromatic nitrogens is 1. The van der Waals surface area contributed by atoms with Crippen LogP contribution in [0.5, 0.6) is 0 Å². The molecule has 0 atom stereocenters. The average molecular weight is 256 g/mol. The molecule has 4 nitrogen and oxygen atoms in total. The fraction of sp³-hybridized carbons (Fsp3) is 0. The molecule has 0 bridgehead atoms. The van der Waals surface area contributed by atoms with Crippen molar-refractivity contribution in [3.05, 3.63) is 34.5 Å². The third-order valence-electron chi connectivity index (χ3n) is 2.00. The molecule has 0 saturated carbocycles. The van der Waals surface area contributed by atoms with E-state index in [4.69, 9.17) is 27.0 Å². The van der Waals surface area contributed by atoms with Crippen molar-refractivity contribution in [2.75, 3.05) is 5.73 Å². The molecule has 0 spiro atoms. The van der Waals surface area contributed by atoms with E-state index >= 15 is 0 Å². The predicted octanol–water partition coefficient (Wildman–Crippen LogP) is 2.73. The first-order valence-electron chi connectivity index (χ1n) is 4.34. The lowest BCUT2D eigenvalue weighted by Gasteiger charge is -2.00. The van der Waals surface area contributed by atoms with E-state index in [-0.39, 0.29) is 28.1 Å². The SMILES string of the molecule is N#Cc1nc(-c2cc(F)c(Cl)cc2F)oc1N. The van der Waals surface area contributed by atoms with Crippen LogP contribution in [-0.4, -0.2) is 4.98 Å². The first kappa shape index (κ1) is 11.4. The molecule has 86 valence electrons. The molecule has 7 heteroatoms. The van der Waals surface area contributed by atoms with Crippen LogP contribution in [0.15, 0.2) is 16.5 Å². The van der Waals surface area contributed by atoms with Crippen molar-refractivity contribution in [2.24, 2.45) is 0 Å². The third kappa shape index (κ3) is 1.92. The van der Waals surface area contributed by atoms with Crippen LogP contribution in [0.25, 0.3) is 11.5 Å². The van der Waals surface area contributed by atoms with Gasteiger partial charge >= 0.3 is 0 Å². The van der Waals surface area contributed by atoms with E-state index in [0.717, 1.165) is 12.1 Å². The van der Waals surface area contributed by atoms with Gasteiger partial charge in [0.1, 0.15) is 17.7 Å². The maximum Gasteiger partial charge on any atom is 0.233 e. The molecule has 2 aromatic rings. The lowest BCUT2D eigenvalue weighted by Crippen LogP contribution is -1.88. The average Bonchev–Trinajstić information content (AvgIpc) is 2.65. The van der Waals surface area contributed by atoms with Gasteiger partial charge in [0.2, 0.25) is 17.5 Å². The Labute approximate surface area is 99.2 Å². The number of anilines is 1. The highest BCUT2D eigenvalue weighted by molar-refractivity contribution is 6.30. The molecule has 0 aliphatic heterocycles. The first-order chi connectivity index (χ1) is 8.02. The second-order valence-corrected chi connectivity index (χ2v) is 3.50. The zero-order valence-electron chi connectivity index (χ0n) is 8.17. The standard InChI is InChI=1S/C10H4ClF2N3O/c11-5-2-6(12)4(1-7(5)13)10-16-8(3-14)9(15)17-10/h1-2H,15H2. The van der Waals surface area contributed by atoms with Crippen LogP contribution >= 0.6 is 11.6 Å². The van der Waals surface area contributed by atoms with Gasteiger partial charge < -0.3 is 10.2 Å². The number of benzene rings is 1. The Bertz CT molecular complexity index is 633. The van der Waals surface area contributed by atoms with Crippen LogP contribution in [0.1, 0.15) is 5.69 Å². The van der Waals surface area contributed by atoms with Crippen LogP contribution in [0.4, 0.5) is 14.7 Å². The molecule has 1 aromatic heterocycles. The van der Waals surface area contributed by atoms with Gasteiger partial charge in [0.15, 0.2) is 0 Å². The van der Waals surface area contributed by atoms with Gasteiger partial charge in [-0.1, -0.05) is 11.6 Å². The topological polar surface area (TPSA) is 75.8 Å². The summed E-state index contributed by atoms with van der Waals surface area (Å²) in [7, 11) is 0. The first-order valence-corrected chi connectivity index (χ1v) is 4.72. The van der Waals surface area contributed by atoms with Crippen molar-refractivity contribution in [1.29, 1.82) is 5.26 Å². The van der Waals surface area contributed by atoms with Crippen molar-refractivity contribution >= 4 is 17.5 Å². The summed E-state index contributed by atoms with van der Waals surface area (Å²) in [5, 5.41) is 8.25. The molecule has 17 heavy (non-hydrogen) atoms. The fourth-order valence-electron chi connectivity index (χ4n) is 1.21. The third-order valence-corrected chi connectivity index (χ3v) is 2.29. The summed E-state index contributed by atoms with van der Waals surface area (Å²) in [4.78, 5) is 3.63. The molecule has 0 unspecified atom stereocenters. The number of rotatable bonds is 1. The van der Waals surface area contributed by atoms with Crippen LogP contribution in [-0.2, 0) is 0 Å². The maximum atomic E-state index is 13.5. The minimum Gasteiger partial charge on any atom is -0.419 e. The van der Waals surface area contributed by atoms with Crippen molar-refractivity contribution in [3.63, 3.8) is 0 Å². The Kier molecular flexibility index (Phi) is 2.69. The normalized spacial score (nSPS) is 10.2. The highest BCUT2D eigenvalue weighted by Crippen LogP contribution is 2.29. The zero-order valence-corrected chi connectivity index (χ0v) is 8.92. The van der Waals surface area contributed by atoms with Crippen molar-refractivity contribution in [1.82, 2.24) is 4.98 Å². The molecule has 0 radical (unpaired) electrons. The highest BCUT2D eigenvalue weighted by atomic mass is 35.5. The summed E-state index contributed by atoms with van der Waals surface area (Å²) in [6, 6.07) is 3.27. The van der Waals surface area contributed by atoms with Crippen LogP contribution in [0, 0.1) is 23.0 Å². The molecule has 0 amide bonds. The molecule has 0 fully saturated rings. The molecule has 2 rings (SSSR count). The van der Waals surface area contributed by atoms with Gasteiger partial charge in [0.25, 0.3) is 0 Å². The molecule has 1 heterocycles. The Morgan fingerprint density at radius 2 is 2.06 bits per heavy atom. The minimum absolute atomic E-state index is 0.185. The Hall–Kier alpha value is -2.13. The number of nitrogens with zero attached hydrogens (tertiary/aromatic N) is 2. The Morgan fingerprint density at radius 1 is 1.35 bits per heavy atom. The number of nitrogens with two attached hydrogens (primary N) is 1. The molecule has 0 saturated heterocycles. The highest BCUT2D eigenvalue weighted by Gasteiger charge is 2.17. The van der Waals surface area contributed by atoms with E-state index in [9.17, 15) is 8.78 Å². The molecular weight excluding hydrogens is 252 g/mol. The molecule has 1 aromatic carbocycles. The fourth-order valence-corrected chi connectivity index (χ4v) is 1.36. The number of hydrogen-bond acceptors (Lipinski definition) is 4. The summed E-state index contributed by atoms with van der Waals surface area (Å²) >= 11 is 5.39. The summed E-state index contributed by atoms with van der Waals surface area (Å²) < 4.78 is 31.5. The van der Waals surface area contributed by atoms with Crippen LogP contribution in [0.2, 0.25) is 5.02 Å². The number of nitriles is 1. The number of hydrogen-bond donors (Lipinski definition) is 1. The van der Waals surface area contributed by atoms with Gasteiger partial charge in [-0.3, -0.25) is 0 Å².